The lowest BCUT2D eigenvalue weighted by atomic mass is 10.7. The van der Waals surface area contributed by atoms with Gasteiger partial charge in [-0.3, -0.25) is 0 Å². The van der Waals surface area contributed by atoms with Gasteiger partial charge in [-0.1, -0.05) is 0 Å². The number of nitrogens with zero attached hydrogens (tertiary/aromatic N) is 1. The van der Waals surface area contributed by atoms with Gasteiger partial charge in [0.1, 0.15) is 0 Å². The maximum atomic E-state index is 11.8. The molecule has 1 aliphatic heterocycles. The molecular formula is C4H7F3N2O2S. The van der Waals surface area contributed by atoms with Gasteiger partial charge < -0.3 is 5.32 Å². The molecule has 1 N–H and O–H groups in total. The summed E-state index contributed by atoms with van der Waals surface area (Å²) in [6, 6.07) is 0. The Morgan fingerprint density at radius 3 is 2.25 bits per heavy atom. The predicted octanol–water partition coefficient (Wildman–Crippen LogP) is -0.301. The average molecular weight is 204 g/mol. The van der Waals surface area contributed by atoms with Crippen molar-refractivity contribution in [2.24, 2.45) is 0 Å². The first-order valence-electron chi connectivity index (χ1n) is 3.13. The molecule has 1 rings (SSSR count). The van der Waals surface area contributed by atoms with Crippen LogP contribution in [0.5, 0.6) is 0 Å². The standard InChI is InChI=1S/C4H7F3N2O2S/c5-4(6,7)12(10,11)9-2-1-8-3-9/h8H,1-3H2. The molecule has 0 aromatic rings. The molecule has 1 aliphatic rings. The van der Waals surface area contributed by atoms with Gasteiger partial charge in [0.05, 0.1) is 6.67 Å². The van der Waals surface area contributed by atoms with Gasteiger partial charge in [-0.25, -0.2) is 8.42 Å². The van der Waals surface area contributed by atoms with Crippen LogP contribution in [0.2, 0.25) is 0 Å². The first kappa shape index (κ1) is 9.75. The Labute approximate surface area is 67.4 Å². The molecule has 8 heteroatoms. The number of rotatable bonds is 1. The second-order valence-corrected chi connectivity index (χ2v) is 4.21. The molecule has 1 saturated heterocycles. The average Bonchev–Trinajstić information content (AvgIpc) is 2.34. The van der Waals surface area contributed by atoms with E-state index in [1.165, 1.54) is 0 Å². The number of nitrogens with one attached hydrogen (secondary N) is 1. The molecule has 0 saturated carbocycles. The van der Waals surface area contributed by atoms with Crippen LogP contribution >= 0.6 is 0 Å². The van der Waals surface area contributed by atoms with Gasteiger partial charge in [0.25, 0.3) is 0 Å². The summed E-state index contributed by atoms with van der Waals surface area (Å²) in [6.45, 7) is -0.126. The zero-order chi connectivity index (χ0) is 9.41. The topological polar surface area (TPSA) is 49.4 Å². The van der Waals surface area contributed by atoms with Crippen molar-refractivity contribution in [3.63, 3.8) is 0 Å². The number of hydrogen-bond donors (Lipinski definition) is 1. The van der Waals surface area contributed by atoms with Crippen LogP contribution in [0.4, 0.5) is 13.2 Å². The first-order valence-corrected chi connectivity index (χ1v) is 4.57. The minimum Gasteiger partial charge on any atom is -0.302 e. The Bertz CT molecular complexity index is 254. The highest BCUT2D eigenvalue weighted by atomic mass is 32.2. The van der Waals surface area contributed by atoms with E-state index in [0.29, 0.717) is 4.31 Å². The molecule has 0 unspecified atom stereocenters. The van der Waals surface area contributed by atoms with Gasteiger partial charge in [-0.05, 0) is 0 Å². The fraction of sp³-hybridized carbons (Fsp3) is 1.00. The van der Waals surface area contributed by atoms with Gasteiger partial charge in [-0.2, -0.15) is 17.5 Å². The summed E-state index contributed by atoms with van der Waals surface area (Å²) < 4.78 is 57.1. The Hall–Kier alpha value is -0.340. The van der Waals surface area contributed by atoms with Crippen LogP contribution in [0.3, 0.4) is 0 Å². The molecule has 0 aromatic heterocycles. The Balaban J connectivity index is 2.85. The van der Waals surface area contributed by atoms with Gasteiger partial charge in [0, 0.05) is 13.1 Å². The van der Waals surface area contributed by atoms with Crippen LogP contribution in [0.1, 0.15) is 0 Å². The lowest BCUT2D eigenvalue weighted by Crippen LogP contribution is -2.39. The third-order valence-electron chi connectivity index (χ3n) is 1.46. The molecule has 1 fully saturated rings. The molecule has 12 heavy (non-hydrogen) atoms. The van der Waals surface area contributed by atoms with Crippen molar-refractivity contribution < 1.29 is 21.6 Å². The molecule has 72 valence electrons. The van der Waals surface area contributed by atoms with E-state index in [1.807, 2.05) is 0 Å². The minimum atomic E-state index is -5.18. The Morgan fingerprint density at radius 2 is 1.92 bits per heavy atom. The highest BCUT2D eigenvalue weighted by Gasteiger charge is 2.50. The fourth-order valence-corrected chi connectivity index (χ4v) is 1.72. The summed E-state index contributed by atoms with van der Waals surface area (Å²) in [6.07, 6.45) is 0. The molecule has 0 spiro atoms. The smallest absolute Gasteiger partial charge is 0.302 e. The highest BCUT2D eigenvalue weighted by molar-refractivity contribution is 7.90. The minimum absolute atomic E-state index is 0.123. The maximum absolute atomic E-state index is 11.8. The quantitative estimate of drug-likeness (QED) is 0.638. The zero-order valence-electron chi connectivity index (χ0n) is 5.93. The van der Waals surface area contributed by atoms with E-state index in [2.05, 4.69) is 5.32 Å². The van der Waals surface area contributed by atoms with Crippen molar-refractivity contribution in [1.29, 1.82) is 0 Å². The molecule has 0 aliphatic carbocycles. The zero-order valence-corrected chi connectivity index (χ0v) is 6.74. The van der Waals surface area contributed by atoms with E-state index in [9.17, 15) is 21.6 Å². The summed E-state index contributed by atoms with van der Waals surface area (Å²) in [5.74, 6) is 0. The van der Waals surface area contributed by atoms with Crippen LogP contribution in [0, 0.1) is 0 Å². The van der Waals surface area contributed by atoms with Crippen molar-refractivity contribution in [2.45, 2.75) is 5.51 Å². The summed E-state index contributed by atoms with van der Waals surface area (Å²) in [4.78, 5) is 0. The summed E-state index contributed by atoms with van der Waals surface area (Å²) in [7, 11) is -5.11. The summed E-state index contributed by atoms with van der Waals surface area (Å²) in [5.41, 5.74) is -5.18. The van der Waals surface area contributed by atoms with Crippen molar-refractivity contribution in [2.75, 3.05) is 19.8 Å². The lowest BCUT2D eigenvalue weighted by Gasteiger charge is -2.16. The van der Waals surface area contributed by atoms with Crippen molar-refractivity contribution in [3.8, 4) is 0 Å². The Kier molecular flexibility index (Phi) is 2.32. The van der Waals surface area contributed by atoms with E-state index < -0.39 is 15.5 Å². The molecule has 0 aromatic carbocycles. The van der Waals surface area contributed by atoms with Crippen molar-refractivity contribution >= 4 is 10.0 Å². The normalized spacial score (nSPS) is 21.6. The largest absolute Gasteiger partial charge is 0.511 e. The van der Waals surface area contributed by atoms with E-state index in [4.69, 9.17) is 0 Å². The molecule has 0 atom stereocenters. The number of alkyl halides is 3. The van der Waals surface area contributed by atoms with Crippen LogP contribution in [-0.2, 0) is 10.0 Å². The fourth-order valence-electron chi connectivity index (χ4n) is 0.838. The summed E-state index contributed by atoms with van der Waals surface area (Å²) >= 11 is 0. The van der Waals surface area contributed by atoms with Gasteiger partial charge in [0.15, 0.2) is 0 Å². The summed E-state index contributed by atoms with van der Waals surface area (Å²) in [5, 5.41) is 2.50. The number of sulfonamides is 1. The van der Waals surface area contributed by atoms with E-state index in [-0.39, 0.29) is 19.8 Å². The third-order valence-corrected chi connectivity index (χ3v) is 3.04. The SMILES string of the molecule is O=S(=O)(N1CCNC1)C(F)(F)F. The number of hydrogen-bond acceptors (Lipinski definition) is 3. The van der Waals surface area contributed by atoms with E-state index in [1.54, 1.807) is 0 Å². The molecule has 4 nitrogen and oxygen atoms in total. The highest BCUT2D eigenvalue weighted by Crippen LogP contribution is 2.26. The van der Waals surface area contributed by atoms with Crippen molar-refractivity contribution in [3.05, 3.63) is 0 Å². The first-order chi connectivity index (χ1) is 5.36. The molecule has 0 radical (unpaired) electrons. The Morgan fingerprint density at radius 1 is 1.33 bits per heavy atom. The third kappa shape index (κ3) is 1.54. The molecule has 0 amide bonds. The van der Waals surface area contributed by atoms with Crippen LogP contribution in [0.15, 0.2) is 0 Å². The van der Waals surface area contributed by atoms with Gasteiger partial charge >= 0.3 is 15.5 Å². The molecule has 1 heterocycles. The second-order valence-electron chi connectivity index (χ2n) is 2.28. The number of halogens is 3. The van der Waals surface area contributed by atoms with Gasteiger partial charge in [-0.15, -0.1) is 0 Å². The molecule has 0 bridgehead atoms. The predicted molar refractivity (Wildman–Crippen MR) is 34.6 cm³/mol. The van der Waals surface area contributed by atoms with Crippen LogP contribution in [0.25, 0.3) is 0 Å². The van der Waals surface area contributed by atoms with E-state index in [0.717, 1.165) is 0 Å². The van der Waals surface area contributed by atoms with Gasteiger partial charge in [0.2, 0.25) is 0 Å². The molecular weight excluding hydrogens is 197 g/mol. The maximum Gasteiger partial charge on any atom is 0.511 e. The second kappa shape index (κ2) is 2.86. The monoisotopic (exact) mass is 204 g/mol. The van der Waals surface area contributed by atoms with Crippen LogP contribution < -0.4 is 5.32 Å². The van der Waals surface area contributed by atoms with Crippen molar-refractivity contribution in [1.82, 2.24) is 9.62 Å². The van der Waals surface area contributed by atoms with Crippen LogP contribution in [-0.4, -0.2) is 38.0 Å². The lowest BCUT2D eigenvalue weighted by molar-refractivity contribution is -0.0483. The van der Waals surface area contributed by atoms with E-state index >= 15 is 0 Å².